The molecular weight excluding hydrogens is 435 g/mol. The first kappa shape index (κ1) is 20.3. The van der Waals surface area contributed by atoms with Crippen LogP contribution in [0.15, 0.2) is 71.3 Å². The van der Waals surface area contributed by atoms with Crippen LogP contribution in [0.25, 0.3) is 28.1 Å². The normalized spacial score (nSPS) is 16.5. The maximum Gasteiger partial charge on any atom is 0.257 e. The van der Waals surface area contributed by atoms with Crippen molar-refractivity contribution in [1.29, 1.82) is 0 Å². The summed E-state index contributed by atoms with van der Waals surface area (Å²) in [7, 11) is 0. The number of furan rings is 1. The van der Waals surface area contributed by atoms with Gasteiger partial charge in [-0.1, -0.05) is 24.3 Å². The molecule has 0 aliphatic carbocycles. The van der Waals surface area contributed by atoms with Crippen molar-refractivity contribution in [1.82, 2.24) is 24.5 Å². The zero-order valence-electron chi connectivity index (χ0n) is 18.4. The van der Waals surface area contributed by atoms with E-state index in [9.17, 15) is 9.18 Å². The van der Waals surface area contributed by atoms with Crippen molar-refractivity contribution >= 4 is 28.4 Å². The van der Waals surface area contributed by atoms with Crippen LogP contribution in [0, 0.1) is 5.82 Å². The van der Waals surface area contributed by atoms with E-state index in [4.69, 9.17) is 9.40 Å². The molecule has 34 heavy (non-hydrogen) atoms. The molecule has 5 aromatic rings. The van der Waals surface area contributed by atoms with E-state index >= 15 is 0 Å². The van der Waals surface area contributed by atoms with Crippen molar-refractivity contribution < 1.29 is 13.6 Å². The lowest BCUT2D eigenvalue weighted by molar-refractivity contribution is 0.0668. The number of carbonyl (C=O) groups is 1. The van der Waals surface area contributed by atoms with Crippen LogP contribution >= 0.6 is 0 Å². The molecule has 4 heterocycles. The summed E-state index contributed by atoms with van der Waals surface area (Å²) in [6.07, 6.45) is 1.60. The van der Waals surface area contributed by atoms with E-state index in [1.54, 1.807) is 29.4 Å². The minimum absolute atomic E-state index is 0.0907. The number of benzene rings is 2. The Morgan fingerprint density at radius 1 is 1.03 bits per heavy atom. The number of piperazine rings is 1. The van der Waals surface area contributed by atoms with Gasteiger partial charge in [0.25, 0.3) is 5.91 Å². The van der Waals surface area contributed by atoms with Gasteiger partial charge in [-0.25, -0.2) is 13.8 Å². The van der Waals surface area contributed by atoms with E-state index in [2.05, 4.69) is 15.1 Å². The Labute approximate surface area is 194 Å². The number of hydrogen-bond donors (Lipinski definition) is 0. The van der Waals surface area contributed by atoms with Gasteiger partial charge in [-0.3, -0.25) is 4.79 Å². The van der Waals surface area contributed by atoms with Gasteiger partial charge in [0.2, 0.25) is 11.8 Å². The summed E-state index contributed by atoms with van der Waals surface area (Å²) in [5.74, 6) is 1.02. The first-order valence-electron chi connectivity index (χ1n) is 11.1. The molecule has 3 aromatic heterocycles. The number of rotatable bonds is 3. The highest BCUT2D eigenvalue weighted by Crippen LogP contribution is 2.30. The van der Waals surface area contributed by atoms with Crippen LogP contribution in [-0.2, 0) is 0 Å². The minimum atomic E-state index is -0.507. The lowest BCUT2D eigenvalue weighted by Gasteiger charge is -2.40. The Balaban J connectivity index is 1.40. The largest absolute Gasteiger partial charge is 0.461 e. The molecule has 1 unspecified atom stereocenters. The van der Waals surface area contributed by atoms with E-state index in [0.29, 0.717) is 42.8 Å². The van der Waals surface area contributed by atoms with Crippen molar-refractivity contribution in [2.24, 2.45) is 0 Å². The lowest BCUT2D eigenvalue weighted by Crippen LogP contribution is -2.54. The van der Waals surface area contributed by atoms with E-state index < -0.39 is 5.82 Å². The number of hydrogen-bond acceptors (Lipinski definition) is 6. The Morgan fingerprint density at radius 2 is 1.85 bits per heavy atom. The molecule has 0 bridgehead atoms. The summed E-state index contributed by atoms with van der Waals surface area (Å²) in [5.41, 5.74) is 1.58. The summed E-state index contributed by atoms with van der Waals surface area (Å²) in [4.78, 5) is 21.8. The quantitative estimate of drug-likeness (QED) is 0.408. The van der Waals surface area contributed by atoms with Crippen molar-refractivity contribution in [3.8, 4) is 11.6 Å². The van der Waals surface area contributed by atoms with E-state index in [-0.39, 0.29) is 17.5 Å². The van der Waals surface area contributed by atoms with Gasteiger partial charge in [0, 0.05) is 31.1 Å². The predicted octanol–water partition coefficient (Wildman–Crippen LogP) is 4.03. The SMILES string of the molecule is CC1CN(c2nc3ccccc3c3nnc(-c4ccco4)n23)CCN1C(=O)c1ccccc1F. The Hall–Kier alpha value is -4.27. The van der Waals surface area contributed by atoms with Crippen LogP contribution in [0.4, 0.5) is 10.3 Å². The third-order valence-corrected chi connectivity index (χ3v) is 6.25. The standard InChI is InChI=1S/C25H21FN6O2/c1-16-15-30(12-13-31(16)24(33)17-7-2-4-9-19(17)26)25-27-20-10-5-3-8-18(20)22-28-29-23(32(22)25)21-11-6-14-34-21/h2-11,14,16H,12-13,15H2,1H3. The van der Waals surface area contributed by atoms with Gasteiger partial charge in [0.1, 0.15) is 5.82 Å². The highest BCUT2D eigenvalue weighted by Gasteiger charge is 2.32. The van der Waals surface area contributed by atoms with Crippen LogP contribution in [0.5, 0.6) is 0 Å². The van der Waals surface area contributed by atoms with Crippen LogP contribution in [0.1, 0.15) is 17.3 Å². The number of carbonyl (C=O) groups excluding carboxylic acids is 1. The highest BCUT2D eigenvalue weighted by atomic mass is 19.1. The second-order valence-electron chi connectivity index (χ2n) is 8.36. The highest BCUT2D eigenvalue weighted by molar-refractivity contribution is 5.95. The minimum Gasteiger partial charge on any atom is -0.461 e. The molecule has 1 aliphatic heterocycles. The maximum atomic E-state index is 14.2. The molecule has 9 heteroatoms. The smallest absolute Gasteiger partial charge is 0.257 e. The maximum absolute atomic E-state index is 14.2. The van der Waals surface area contributed by atoms with Gasteiger partial charge < -0.3 is 14.2 Å². The van der Waals surface area contributed by atoms with Gasteiger partial charge in [-0.2, -0.15) is 0 Å². The average molecular weight is 456 g/mol. The molecule has 1 fully saturated rings. The Bertz CT molecular complexity index is 1510. The molecule has 6 rings (SSSR count). The van der Waals surface area contributed by atoms with Crippen LogP contribution in [0.3, 0.4) is 0 Å². The monoisotopic (exact) mass is 456 g/mol. The van der Waals surface area contributed by atoms with Gasteiger partial charge in [0.05, 0.1) is 17.3 Å². The summed E-state index contributed by atoms with van der Waals surface area (Å²) < 4.78 is 21.8. The summed E-state index contributed by atoms with van der Waals surface area (Å²) in [6, 6.07) is 17.4. The van der Waals surface area contributed by atoms with Crippen molar-refractivity contribution in [3.05, 3.63) is 78.3 Å². The predicted molar refractivity (Wildman–Crippen MR) is 125 cm³/mol. The molecule has 170 valence electrons. The first-order valence-corrected chi connectivity index (χ1v) is 11.1. The molecule has 0 saturated carbocycles. The first-order chi connectivity index (χ1) is 16.6. The second kappa shape index (κ2) is 7.95. The van der Waals surface area contributed by atoms with Crippen molar-refractivity contribution in [2.75, 3.05) is 24.5 Å². The number of fused-ring (bicyclic) bond motifs is 3. The fraction of sp³-hybridized carbons (Fsp3) is 0.200. The molecule has 8 nitrogen and oxygen atoms in total. The van der Waals surface area contributed by atoms with E-state index in [1.807, 2.05) is 41.7 Å². The molecule has 1 aliphatic rings. The van der Waals surface area contributed by atoms with Crippen LogP contribution in [0.2, 0.25) is 0 Å². The molecule has 1 amide bonds. The topological polar surface area (TPSA) is 79.8 Å². The summed E-state index contributed by atoms with van der Waals surface area (Å²) in [5, 5.41) is 9.74. The number of nitrogens with zero attached hydrogens (tertiary/aromatic N) is 6. The summed E-state index contributed by atoms with van der Waals surface area (Å²) in [6.45, 7) is 3.45. The molecule has 0 spiro atoms. The lowest BCUT2D eigenvalue weighted by atomic mass is 10.1. The number of halogens is 1. The fourth-order valence-corrected chi connectivity index (χ4v) is 4.57. The molecule has 0 N–H and O–H groups in total. The molecular formula is C25H21FN6O2. The van der Waals surface area contributed by atoms with Crippen LogP contribution in [-0.4, -0.2) is 56.1 Å². The van der Waals surface area contributed by atoms with Crippen molar-refractivity contribution in [2.45, 2.75) is 13.0 Å². The molecule has 1 atom stereocenters. The van der Waals surface area contributed by atoms with Gasteiger partial charge in [-0.15, -0.1) is 10.2 Å². The van der Waals surface area contributed by atoms with Gasteiger partial charge in [0.15, 0.2) is 11.4 Å². The molecule has 0 radical (unpaired) electrons. The second-order valence-corrected chi connectivity index (χ2v) is 8.36. The zero-order chi connectivity index (χ0) is 23.2. The van der Waals surface area contributed by atoms with Gasteiger partial charge in [-0.05, 0) is 43.3 Å². The van der Waals surface area contributed by atoms with E-state index in [1.165, 1.54) is 12.1 Å². The van der Waals surface area contributed by atoms with Crippen molar-refractivity contribution in [3.63, 3.8) is 0 Å². The number of amides is 1. The molecule has 2 aromatic carbocycles. The number of aromatic nitrogens is 4. The van der Waals surface area contributed by atoms with E-state index in [0.717, 1.165) is 10.9 Å². The third-order valence-electron chi connectivity index (χ3n) is 6.25. The molecule has 1 saturated heterocycles. The average Bonchev–Trinajstić information content (AvgIpc) is 3.54. The number of anilines is 1. The van der Waals surface area contributed by atoms with Crippen LogP contribution < -0.4 is 4.90 Å². The third kappa shape index (κ3) is 3.20. The number of para-hydroxylation sites is 1. The van der Waals surface area contributed by atoms with Gasteiger partial charge >= 0.3 is 0 Å². The Morgan fingerprint density at radius 3 is 2.65 bits per heavy atom. The zero-order valence-corrected chi connectivity index (χ0v) is 18.4. The summed E-state index contributed by atoms with van der Waals surface area (Å²) >= 11 is 0. The fourth-order valence-electron chi connectivity index (χ4n) is 4.57. The Kier molecular flexibility index (Phi) is 4.75.